The summed E-state index contributed by atoms with van der Waals surface area (Å²) in [4.78, 5) is 3.94. The standard InChI is InChI=1S/C9H12.C4H10O2/c1-8(2)9-6-4-3-5-7-9;1-4(2,3)6-5/h3-8H,1-2H3;5H,1-3H3. The second-order valence-electron chi connectivity index (χ2n) is 4.77. The van der Waals surface area contributed by atoms with Crippen LogP contribution in [0.3, 0.4) is 0 Å². The van der Waals surface area contributed by atoms with Crippen molar-refractivity contribution < 1.29 is 10.1 Å². The number of rotatable bonds is 1. The van der Waals surface area contributed by atoms with E-state index in [-0.39, 0.29) is 0 Å². The minimum atomic E-state index is -0.403. The van der Waals surface area contributed by atoms with Gasteiger partial charge in [-0.1, -0.05) is 44.2 Å². The van der Waals surface area contributed by atoms with Crippen LogP contribution < -0.4 is 0 Å². The summed E-state index contributed by atoms with van der Waals surface area (Å²) in [6.45, 7) is 9.72. The zero-order chi connectivity index (χ0) is 11.9. The molecule has 1 aromatic carbocycles. The van der Waals surface area contributed by atoms with Crippen molar-refractivity contribution in [2.75, 3.05) is 0 Å². The van der Waals surface area contributed by atoms with Crippen LogP contribution in [0, 0.1) is 0 Å². The van der Waals surface area contributed by atoms with Gasteiger partial charge in [0.2, 0.25) is 0 Å². The fourth-order valence-corrected chi connectivity index (χ4v) is 0.838. The van der Waals surface area contributed by atoms with E-state index in [1.54, 1.807) is 20.8 Å². The minimum Gasteiger partial charge on any atom is -0.251 e. The molecule has 1 aromatic rings. The average Bonchev–Trinajstić information content (AvgIpc) is 2.19. The normalized spacial score (nSPS) is 10.9. The summed E-state index contributed by atoms with van der Waals surface area (Å²) in [7, 11) is 0. The molecule has 0 aliphatic carbocycles. The molecule has 0 heterocycles. The maximum Gasteiger partial charge on any atom is 0.0949 e. The molecule has 0 fully saturated rings. The Balaban J connectivity index is 0.000000288. The van der Waals surface area contributed by atoms with Crippen molar-refractivity contribution in [1.82, 2.24) is 0 Å². The minimum absolute atomic E-state index is 0.403. The van der Waals surface area contributed by atoms with Crippen LogP contribution in [-0.4, -0.2) is 10.9 Å². The fraction of sp³-hybridized carbons (Fsp3) is 0.538. The van der Waals surface area contributed by atoms with Crippen molar-refractivity contribution in [2.45, 2.75) is 46.1 Å². The molecule has 0 aliphatic rings. The summed E-state index contributed by atoms with van der Waals surface area (Å²) in [5.41, 5.74) is 1.01. The number of hydrogen-bond donors (Lipinski definition) is 1. The molecule has 0 atom stereocenters. The molecule has 0 aliphatic heterocycles. The summed E-state index contributed by atoms with van der Waals surface area (Å²) >= 11 is 0. The smallest absolute Gasteiger partial charge is 0.0949 e. The highest BCUT2D eigenvalue weighted by Gasteiger charge is 2.06. The predicted octanol–water partition coefficient (Wildman–Crippen LogP) is 4.08. The van der Waals surface area contributed by atoms with Crippen LogP contribution in [0.5, 0.6) is 0 Å². The molecule has 1 N–H and O–H groups in total. The van der Waals surface area contributed by atoms with Gasteiger partial charge in [-0.25, -0.2) is 4.89 Å². The van der Waals surface area contributed by atoms with E-state index >= 15 is 0 Å². The van der Waals surface area contributed by atoms with Crippen LogP contribution in [0.2, 0.25) is 0 Å². The molecule has 1 rings (SSSR count). The molecular formula is C13H22O2. The fourth-order valence-electron chi connectivity index (χ4n) is 0.838. The maximum absolute atomic E-state index is 7.90. The van der Waals surface area contributed by atoms with E-state index in [0.717, 1.165) is 0 Å². The largest absolute Gasteiger partial charge is 0.251 e. The van der Waals surface area contributed by atoms with Crippen molar-refractivity contribution in [3.05, 3.63) is 35.9 Å². The molecule has 0 saturated heterocycles. The molecule has 0 bridgehead atoms. The lowest BCUT2D eigenvalue weighted by Gasteiger charge is -2.10. The SMILES string of the molecule is CC(C)(C)OO.CC(C)c1ccccc1. The van der Waals surface area contributed by atoms with E-state index in [9.17, 15) is 0 Å². The second kappa shape index (κ2) is 6.59. The highest BCUT2D eigenvalue weighted by atomic mass is 17.1. The quantitative estimate of drug-likeness (QED) is 0.559. The zero-order valence-corrected chi connectivity index (χ0v) is 10.3. The van der Waals surface area contributed by atoms with Gasteiger partial charge in [-0.2, -0.15) is 0 Å². The lowest BCUT2D eigenvalue weighted by molar-refractivity contribution is -0.306. The van der Waals surface area contributed by atoms with E-state index in [1.807, 2.05) is 6.07 Å². The number of benzene rings is 1. The van der Waals surface area contributed by atoms with Crippen LogP contribution in [0.1, 0.15) is 46.1 Å². The van der Waals surface area contributed by atoms with Crippen LogP contribution in [0.4, 0.5) is 0 Å². The van der Waals surface area contributed by atoms with Gasteiger partial charge in [0.1, 0.15) is 0 Å². The molecule has 15 heavy (non-hydrogen) atoms. The monoisotopic (exact) mass is 210 g/mol. The Kier molecular flexibility index (Phi) is 6.21. The summed E-state index contributed by atoms with van der Waals surface area (Å²) in [5, 5.41) is 7.90. The average molecular weight is 210 g/mol. The third-order valence-electron chi connectivity index (χ3n) is 1.74. The molecule has 0 amide bonds. The summed E-state index contributed by atoms with van der Waals surface area (Å²) in [6.07, 6.45) is 0. The maximum atomic E-state index is 7.90. The van der Waals surface area contributed by atoms with E-state index in [0.29, 0.717) is 5.92 Å². The molecule has 2 nitrogen and oxygen atoms in total. The van der Waals surface area contributed by atoms with Gasteiger partial charge in [0.15, 0.2) is 0 Å². The Morgan fingerprint density at radius 1 is 1.07 bits per heavy atom. The molecule has 0 spiro atoms. The van der Waals surface area contributed by atoms with Crippen molar-refractivity contribution in [2.24, 2.45) is 0 Å². The predicted molar refractivity (Wildman–Crippen MR) is 64.0 cm³/mol. The van der Waals surface area contributed by atoms with Gasteiger partial charge in [-0.05, 0) is 32.3 Å². The summed E-state index contributed by atoms with van der Waals surface area (Å²) in [5.74, 6) is 0.659. The molecule has 86 valence electrons. The Labute approximate surface area is 92.8 Å². The van der Waals surface area contributed by atoms with E-state index < -0.39 is 5.60 Å². The van der Waals surface area contributed by atoms with Gasteiger partial charge < -0.3 is 0 Å². The summed E-state index contributed by atoms with van der Waals surface area (Å²) in [6, 6.07) is 10.5. The van der Waals surface area contributed by atoms with Crippen molar-refractivity contribution in [3.63, 3.8) is 0 Å². The molecule has 0 unspecified atom stereocenters. The Hall–Kier alpha value is -0.860. The van der Waals surface area contributed by atoms with Gasteiger partial charge in [0.05, 0.1) is 5.60 Å². The Bertz CT molecular complexity index is 247. The Morgan fingerprint density at radius 3 is 1.67 bits per heavy atom. The molecular weight excluding hydrogens is 188 g/mol. The van der Waals surface area contributed by atoms with Gasteiger partial charge in [0, 0.05) is 0 Å². The van der Waals surface area contributed by atoms with Crippen LogP contribution in [-0.2, 0) is 4.89 Å². The summed E-state index contributed by atoms with van der Waals surface area (Å²) < 4.78 is 0. The number of hydrogen-bond acceptors (Lipinski definition) is 2. The first-order valence-electron chi connectivity index (χ1n) is 5.24. The third-order valence-corrected chi connectivity index (χ3v) is 1.74. The van der Waals surface area contributed by atoms with Crippen LogP contribution in [0.15, 0.2) is 30.3 Å². The Morgan fingerprint density at radius 2 is 1.47 bits per heavy atom. The lowest BCUT2D eigenvalue weighted by Crippen LogP contribution is -2.15. The highest BCUT2D eigenvalue weighted by molar-refractivity contribution is 5.17. The van der Waals surface area contributed by atoms with E-state index in [4.69, 9.17) is 5.26 Å². The zero-order valence-electron chi connectivity index (χ0n) is 10.3. The first-order valence-corrected chi connectivity index (χ1v) is 5.24. The van der Waals surface area contributed by atoms with Crippen molar-refractivity contribution in [3.8, 4) is 0 Å². The van der Waals surface area contributed by atoms with Gasteiger partial charge >= 0.3 is 0 Å². The van der Waals surface area contributed by atoms with E-state index in [1.165, 1.54) is 5.56 Å². The molecule has 2 heteroatoms. The van der Waals surface area contributed by atoms with Crippen molar-refractivity contribution >= 4 is 0 Å². The molecule has 0 radical (unpaired) electrons. The first-order chi connectivity index (χ1) is 6.87. The molecule has 0 saturated carbocycles. The van der Waals surface area contributed by atoms with E-state index in [2.05, 4.69) is 43.0 Å². The van der Waals surface area contributed by atoms with Crippen molar-refractivity contribution in [1.29, 1.82) is 0 Å². The second-order valence-corrected chi connectivity index (χ2v) is 4.77. The third kappa shape index (κ3) is 8.16. The van der Waals surface area contributed by atoms with Gasteiger partial charge in [-0.3, -0.25) is 5.26 Å². The topological polar surface area (TPSA) is 29.5 Å². The van der Waals surface area contributed by atoms with Crippen LogP contribution in [0.25, 0.3) is 0 Å². The van der Waals surface area contributed by atoms with Gasteiger partial charge in [-0.15, -0.1) is 0 Å². The lowest BCUT2D eigenvalue weighted by atomic mass is 10.0. The highest BCUT2D eigenvalue weighted by Crippen LogP contribution is 2.11. The first kappa shape index (κ1) is 14.1. The van der Waals surface area contributed by atoms with Gasteiger partial charge in [0.25, 0.3) is 0 Å². The van der Waals surface area contributed by atoms with Crippen LogP contribution >= 0.6 is 0 Å². The molecule has 0 aromatic heterocycles.